The first kappa shape index (κ1) is 15.5. The third kappa shape index (κ3) is 2.51. The summed E-state index contributed by atoms with van der Waals surface area (Å²) in [4.78, 5) is 2.56. The zero-order chi connectivity index (χ0) is 14.8. The summed E-state index contributed by atoms with van der Waals surface area (Å²) in [5, 5.41) is 0. The van der Waals surface area contributed by atoms with Gasteiger partial charge in [0.1, 0.15) is 0 Å². The number of benzene rings is 1. The van der Waals surface area contributed by atoms with E-state index in [1.807, 2.05) is 0 Å². The fraction of sp³-hybridized carbons (Fsp3) is 0.667. The minimum Gasteiger partial charge on any atom is -0.328 e. The van der Waals surface area contributed by atoms with Crippen LogP contribution in [0.4, 0.5) is 0 Å². The van der Waals surface area contributed by atoms with Gasteiger partial charge in [-0.15, -0.1) is 0 Å². The first-order valence-electron chi connectivity index (χ1n) is 8.17. The molecule has 0 spiro atoms. The molecule has 0 bridgehead atoms. The van der Waals surface area contributed by atoms with Crippen LogP contribution in [-0.2, 0) is 12.0 Å². The van der Waals surface area contributed by atoms with Crippen LogP contribution in [0.25, 0.3) is 0 Å². The first-order chi connectivity index (χ1) is 9.58. The Hall–Kier alpha value is -0.860. The maximum Gasteiger partial charge on any atom is 0.0586 e. The lowest BCUT2D eigenvalue weighted by atomic mass is 9.74. The van der Waals surface area contributed by atoms with Gasteiger partial charge in [0.15, 0.2) is 0 Å². The van der Waals surface area contributed by atoms with Gasteiger partial charge in [0.05, 0.1) is 5.54 Å². The molecule has 1 aliphatic rings. The van der Waals surface area contributed by atoms with E-state index in [1.165, 1.54) is 36.0 Å². The van der Waals surface area contributed by atoms with Crippen molar-refractivity contribution in [3.05, 3.63) is 34.9 Å². The molecule has 0 saturated carbocycles. The summed E-state index contributed by atoms with van der Waals surface area (Å²) < 4.78 is 0. The van der Waals surface area contributed by atoms with Crippen molar-refractivity contribution < 1.29 is 0 Å². The van der Waals surface area contributed by atoms with Crippen molar-refractivity contribution in [2.45, 2.75) is 58.4 Å². The van der Waals surface area contributed by atoms with Crippen molar-refractivity contribution >= 4 is 0 Å². The average Bonchev–Trinajstić information content (AvgIpc) is 2.47. The minimum atomic E-state index is 0.0621. The van der Waals surface area contributed by atoms with Crippen LogP contribution in [0.1, 0.15) is 63.1 Å². The highest BCUT2D eigenvalue weighted by atomic mass is 15.2. The number of aryl methyl sites for hydroxylation is 1. The second-order valence-electron chi connectivity index (χ2n) is 6.33. The van der Waals surface area contributed by atoms with E-state index in [0.29, 0.717) is 5.92 Å². The Balaban J connectivity index is 2.50. The summed E-state index contributed by atoms with van der Waals surface area (Å²) in [6.45, 7) is 11.9. The molecule has 1 aromatic carbocycles. The Labute approximate surface area is 124 Å². The Morgan fingerprint density at radius 2 is 1.95 bits per heavy atom. The van der Waals surface area contributed by atoms with Gasteiger partial charge in [0, 0.05) is 6.54 Å². The fourth-order valence-electron chi connectivity index (χ4n) is 3.84. The number of hydrogen-bond donors (Lipinski definition) is 1. The lowest BCUT2D eigenvalue weighted by Crippen LogP contribution is -2.53. The zero-order valence-electron chi connectivity index (χ0n) is 13.6. The molecular formula is C18H30N2. The van der Waals surface area contributed by atoms with Crippen LogP contribution >= 0.6 is 0 Å². The van der Waals surface area contributed by atoms with Crippen molar-refractivity contribution in [2.24, 2.45) is 5.73 Å². The van der Waals surface area contributed by atoms with Crippen molar-refractivity contribution in [3.8, 4) is 0 Å². The molecule has 2 heteroatoms. The van der Waals surface area contributed by atoms with Gasteiger partial charge >= 0.3 is 0 Å². The summed E-state index contributed by atoms with van der Waals surface area (Å²) in [5.41, 5.74) is 10.8. The minimum absolute atomic E-state index is 0.0621. The topological polar surface area (TPSA) is 29.3 Å². The number of nitrogens with zero attached hydrogens (tertiary/aromatic N) is 1. The van der Waals surface area contributed by atoms with Gasteiger partial charge in [0.25, 0.3) is 0 Å². The number of likely N-dealkylation sites (N-methyl/N-ethyl adjacent to an activating group) is 1. The molecule has 0 fully saturated rings. The third-order valence-electron chi connectivity index (χ3n) is 5.04. The van der Waals surface area contributed by atoms with E-state index in [2.05, 4.69) is 50.8 Å². The zero-order valence-corrected chi connectivity index (χ0v) is 13.6. The van der Waals surface area contributed by atoms with Crippen LogP contribution < -0.4 is 5.73 Å². The number of fused-ring (bicyclic) bond motifs is 1. The average molecular weight is 274 g/mol. The molecule has 0 saturated heterocycles. The SMILES string of the molecule is CCN(CC)C1(CN)CCCc2cc(C(C)C)ccc21. The first-order valence-corrected chi connectivity index (χ1v) is 8.17. The lowest BCUT2D eigenvalue weighted by Gasteiger charge is -2.46. The van der Waals surface area contributed by atoms with Crippen LogP contribution in [0.5, 0.6) is 0 Å². The van der Waals surface area contributed by atoms with E-state index in [0.717, 1.165) is 19.6 Å². The van der Waals surface area contributed by atoms with E-state index < -0.39 is 0 Å². The standard InChI is InChI=1S/C18H30N2/c1-5-20(6-2)18(13-19)11-7-8-16-12-15(14(3)4)9-10-17(16)18/h9-10,12,14H,5-8,11,13,19H2,1-4H3. The molecule has 0 amide bonds. The quantitative estimate of drug-likeness (QED) is 0.888. The largest absolute Gasteiger partial charge is 0.328 e. The molecule has 112 valence electrons. The molecule has 2 rings (SSSR count). The Morgan fingerprint density at radius 3 is 2.50 bits per heavy atom. The third-order valence-corrected chi connectivity index (χ3v) is 5.04. The molecule has 1 aliphatic carbocycles. The number of nitrogens with two attached hydrogens (primary N) is 1. The predicted octanol–water partition coefficient (Wildman–Crippen LogP) is 3.64. The van der Waals surface area contributed by atoms with Gasteiger partial charge in [-0.05, 0) is 55.0 Å². The van der Waals surface area contributed by atoms with Gasteiger partial charge < -0.3 is 5.73 Å². The summed E-state index contributed by atoms with van der Waals surface area (Å²) in [6, 6.07) is 7.09. The molecule has 1 unspecified atom stereocenters. The molecule has 0 heterocycles. The smallest absolute Gasteiger partial charge is 0.0586 e. The summed E-state index contributed by atoms with van der Waals surface area (Å²) in [5.74, 6) is 0.600. The van der Waals surface area contributed by atoms with E-state index in [-0.39, 0.29) is 5.54 Å². The second-order valence-corrected chi connectivity index (χ2v) is 6.33. The van der Waals surface area contributed by atoms with Crippen LogP contribution in [0, 0.1) is 0 Å². The predicted molar refractivity (Wildman–Crippen MR) is 87.1 cm³/mol. The van der Waals surface area contributed by atoms with E-state index >= 15 is 0 Å². The molecule has 20 heavy (non-hydrogen) atoms. The van der Waals surface area contributed by atoms with Gasteiger partial charge in [0.2, 0.25) is 0 Å². The van der Waals surface area contributed by atoms with E-state index in [4.69, 9.17) is 5.73 Å². The van der Waals surface area contributed by atoms with Crippen molar-refractivity contribution in [3.63, 3.8) is 0 Å². The van der Waals surface area contributed by atoms with Gasteiger partial charge in [-0.25, -0.2) is 0 Å². The van der Waals surface area contributed by atoms with Gasteiger partial charge in [-0.2, -0.15) is 0 Å². The number of hydrogen-bond acceptors (Lipinski definition) is 2. The van der Waals surface area contributed by atoms with E-state index in [1.54, 1.807) is 0 Å². The maximum atomic E-state index is 6.26. The molecule has 2 nitrogen and oxygen atoms in total. The summed E-state index contributed by atoms with van der Waals surface area (Å²) in [7, 11) is 0. The highest BCUT2D eigenvalue weighted by molar-refractivity contribution is 5.40. The Kier molecular flexibility index (Phi) is 4.87. The van der Waals surface area contributed by atoms with Gasteiger partial charge in [-0.3, -0.25) is 4.90 Å². The highest BCUT2D eigenvalue weighted by Gasteiger charge is 2.39. The molecule has 0 aromatic heterocycles. The molecule has 1 atom stereocenters. The molecule has 2 N–H and O–H groups in total. The maximum absolute atomic E-state index is 6.26. The van der Waals surface area contributed by atoms with Crippen LogP contribution in [0.2, 0.25) is 0 Å². The van der Waals surface area contributed by atoms with Crippen LogP contribution in [0.15, 0.2) is 18.2 Å². The van der Waals surface area contributed by atoms with Gasteiger partial charge in [-0.1, -0.05) is 45.9 Å². The Bertz CT molecular complexity index is 449. The molecular weight excluding hydrogens is 244 g/mol. The van der Waals surface area contributed by atoms with Crippen molar-refractivity contribution in [1.29, 1.82) is 0 Å². The monoisotopic (exact) mass is 274 g/mol. The Morgan fingerprint density at radius 1 is 1.25 bits per heavy atom. The second kappa shape index (κ2) is 6.28. The molecule has 0 radical (unpaired) electrons. The van der Waals surface area contributed by atoms with Crippen molar-refractivity contribution in [2.75, 3.05) is 19.6 Å². The van der Waals surface area contributed by atoms with Crippen molar-refractivity contribution in [1.82, 2.24) is 4.90 Å². The molecule has 0 aliphatic heterocycles. The lowest BCUT2D eigenvalue weighted by molar-refractivity contribution is 0.0857. The fourth-order valence-corrected chi connectivity index (χ4v) is 3.84. The van der Waals surface area contributed by atoms with Crippen LogP contribution in [-0.4, -0.2) is 24.5 Å². The molecule has 1 aromatic rings. The normalized spacial score (nSPS) is 22.4. The highest BCUT2D eigenvalue weighted by Crippen LogP contribution is 2.40. The summed E-state index contributed by atoms with van der Waals surface area (Å²) >= 11 is 0. The van der Waals surface area contributed by atoms with E-state index in [9.17, 15) is 0 Å². The summed E-state index contributed by atoms with van der Waals surface area (Å²) in [6.07, 6.45) is 3.65. The number of rotatable bonds is 5. The van der Waals surface area contributed by atoms with Crippen LogP contribution in [0.3, 0.4) is 0 Å².